The molecule has 248 valence electrons. The molecule has 0 saturated heterocycles. The van der Waals surface area contributed by atoms with Gasteiger partial charge in [0.25, 0.3) is 0 Å². The highest BCUT2D eigenvalue weighted by atomic mass is 15.2. The lowest BCUT2D eigenvalue weighted by Crippen LogP contribution is -2.55. The van der Waals surface area contributed by atoms with Crippen LogP contribution in [0.2, 0.25) is 0 Å². The average Bonchev–Trinajstić information content (AvgIpc) is 2.93. The third-order valence-corrected chi connectivity index (χ3v) is 9.98. The maximum atomic E-state index is 2.95. The fourth-order valence-electron chi connectivity index (χ4n) is 7.19. The Balaban J connectivity index is 4.31. The summed E-state index contributed by atoms with van der Waals surface area (Å²) in [5, 5.41) is 0. The topological polar surface area (TPSA) is 3.24 Å². The van der Waals surface area contributed by atoms with Crippen LogP contribution >= 0.6 is 0 Å². The van der Waals surface area contributed by atoms with Crippen molar-refractivity contribution in [1.82, 2.24) is 4.90 Å². The minimum absolute atomic E-state index is 0.311. The molecule has 0 rings (SSSR count). The van der Waals surface area contributed by atoms with Crippen LogP contribution in [-0.4, -0.2) is 22.5 Å². The second-order valence-corrected chi connectivity index (χ2v) is 15.1. The van der Waals surface area contributed by atoms with Crippen molar-refractivity contribution in [1.29, 1.82) is 0 Å². The highest BCUT2D eigenvalue weighted by Crippen LogP contribution is 2.34. The number of nitrogens with zero attached hydrogens (tertiary/aromatic N) is 1. The van der Waals surface area contributed by atoms with Crippen LogP contribution in [0.1, 0.15) is 241 Å². The van der Waals surface area contributed by atoms with Crippen molar-refractivity contribution in [2.24, 2.45) is 0 Å². The second-order valence-electron chi connectivity index (χ2n) is 15.1. The van der Waals surface area contributed by atoms with Gasteiger partial charge in [-0.1, -0.05) is 194 Å². The van der Waals surface area contributed by atoms with Gasteiger partial charge in [-0.3, -0.25) is 4.90 Å². The zero-order chi connectivity index (χ0) is 30.5. The molecule has 0 atom stereocenters. The molecular weight excluding hydrogens is 494 g/mol. The Morgan fingerprint density at radius 1 is 0.293 bits per heavy atom. The molecule has 0 heterocycles. The molecule has 0 aromatic heterocycles. The number of hydrogen-bond donors (Lipinski definition) is 0. The number of unbranched alkanes of at least 4 members (excludes halogenated alkanes) is 25. The largest absolute Gasteiger partial charge is 0.293 e. The van der Waals surface area contributed by atoms with Gasteiger partial charge in [0.05, 0.1) is 0 Å². The van der Waals surface area contributed by atoms with Gasteiger partial charge >= 0.3 is 0 Å². The van der Waals surface area contributed by atoms with Crippen molar-refractivity contribution >= 4 is 0 Å². The molecule has 0 aromatic rings. The summed E-state index contributed by atoms with van der Waals surface area (Å²) >= 11 is 0. The lowest BCUT2D eigenvalue weighted by atomic mass is 9.85. The SMILES string of the molecule is CCCCCCCCCCCCCCC(C)(C)N(CCCCCC)C(C)(C)CCCCCCCCCCCCCC. The molecular formula is C40H83N. The normalized spacial score (nSPS) is 12.6. The molecule has 0 radical (unpaired) electrons. The Morgan fingerprint density at radius 3 is 0.780 bits per heavy atom. The maximum Gasteiger partial charge on any atom is 0.0158 e. The van der Waals surface area contributed by atoms with Crippen molar-refractivity contribution in [3.05, 3.63) is 0 Å². The van der Waals surface area contributed by atoms with Crippen molar-refractivity contribution in [3.63, 3.8) is 0 Å². The van der Waals surface area contributed by atoms with Gasteiger partial charge in [-0.15, -0.1) is 0 Å². The fourth-order valence-corrected chi connectivity index (χ4v) is 7.19. The van der Waals surface area contributed by atoms with Gasteiger partial charge in [-0.25, -0.2) is 0 Å². The lowest BCUT2D eigenvalue weighted by Gasteiger charge is -2.49. The summed E-state index contributed by atoms with van der Waals surface area (Å²) in [5.74, 6) is 0. The van der Waals surface area contributed by atoms with Gasteiger partial charge in [-0.2, -0.15) is 0 Å². The Labute approximate surface area is 263 Å². The Hall–Kier alpha value is -0.0400. The minimum atomic E-state index is 0.311. The monoisotopic (exact) mass is 578 g/mol. The first kappa shape index (κ1) is 41.0. The highest BCUT2D eigenvalue weighted by Gasteiger charge is 2.36. The van der Waals surface area contributed by atoms with Crippen LogP contribution in [0.3, 0.4) is 0 Å². The second kappa shape index (κ2) is 28.7. The van der Waals surface area contributed by atoms with E-state index in [9.17, 15) is 0 Å². The first-order valence-electron chi connectivity index (χ1n) is 19.6. The molecule has 0 N–H and O–H groups in total. The molecule has 1 nitrogen and oxygen atoms in total. The molecule has 0 saturated carbocycles. The summed E-state index contributed by atoms with van der Waals surface area (Å²) in [6, 6.07) is 0. The van der Waals surface area contributed by atoms with E-state index in [-0.39, 0.29) is 0 Å². The zero-order valence-corrected chi connectivity index (χ0v) is 30.4. The van der Waals surface area contributed by atoms with Crippen LogP contribution in [-0.2, 0) is 0 Å². The van der Waals surface area contributed by atoms with Crippen LogP contribution in [0.4, 0.5) is 0 Å². The van der Waals surface area contributed by atoms with Gasteiger partial charge in [0, 0.05) is 11.1 Å². The molecule has 1 heteroatoms. The predicted molar refractivity (Wildman–Crippen MR) is 190 cm³/mol. The summed E-state index contributed by atoms with van der Waals surface area (Å²) < 4.78 is 0. The maximum absolute atomic E-state index is 2.95. The summed E-state index contributed by atoms with van der Waals surface area (Å²) in [6.45, 7) is 18.5. The molecule has 0 aromatic carbocycles. The minimum Gasteiger partial charge on any atom is -0.293 e. The molecule has 0 amide bonds. The molecule has 41 heavy (non-hydrogen) atoms. The molecule has 0 spiro atoms. The van der Waals surface area contributed by atoms with Gasteiger partial charge in [-0.05, 0) is 53.5 Å². The molecule has 0 aliphatic heterocycles. The van der Waals surface area contributed by atoms with Crippen molar-refractivity contribution < 1.29 is 0 Å². The predicted octanol–water partition coefficient (Wildman–Crippen LogP) is 14.6. The number of hydrogen-bond acceptors (Lipinski definition) is 1. The van der Waals surface area contributed by atoms with Crippen LogP contribution < -0.4 is 0 Å². The van der Waals surface area contributed by atoms with E-state index < -0.39 is 0 Å². The van der Waals surface area contributed by atoms with Gasteiger partial charge in [0.1, 0.15) is 0 Å². The third-order valence-electron chi connectivity index (χ3n) is 9.98. The molecule has 0 fully saturated rings. The van der Waals surface area contributed by atoms with E-state index in [1.54, 1.807) is 0 Å². The Morgan fingerprint density at radius 2 is 0.512 bits per heavy atom. The van der Waals surface area contributed by atoms with Gasteiger partial charge in [0.15, 0.2) is 0 Å². The van der Waals surface area contributed by atoms with Crippen LogP contribution in [0.25, 0.3) is 0 Å². The van der Waals surface area contributed by atoms with Crippen LogP contribution in [0.15, 0.2) is 0 Å². The molecule has 0 aliphatic carbocycles. The van der Waals surface area contributed by atoms with Gasteiger partial charge in [0.2, 0.25) is 0 Å². The van der Waals surface area contributed by atoms with E-state index in [2.05, 4.69) is 53.4 Å². The van der Waals surface area contributed by atoms with Crippen molar-refractivity contribution in [3.8, 4) is 0 Å². The van der Waals surface area contributed by atoms with Crippen LogP contribution in [0, 0.1) is 0 Å². The van der Waals surface area contributed by atoms with E-state index in [0.29, 0.717) is 11.1 Å². The average molecular weight is 578 g/mol. The molecule has 0 bridgehead atoms. The smallest absolute Gasteiger partial charge is 0.0158 e. The van der Waals surface area contributed by atoms with E-state index >= 15 is 0 Å². The van der Waals surface area contributed by atoms with E-state index in [4.69, 9.17) is 0 Å². The highest BCUT2D eigenvalue weighted by molar-refractivity contribution is 4.92. The molecule has 0 aliphatic rings. The van der Waals surface area contributed by atoms with E-state index in [1.807, 2.05) is 0 Å². The summed E-state index contributed by atoms with van der Waals surface area (Å²) in [7, 11) is 0. The van der Waals surface area contributed by atoms with Crippen LogP contribution in [0.5, 0.6) is 0 Å². The fraction of sp³-hybridized carbons (Fsp3) is 1.00. The van der Waals surface area contributed by atoms with Gasteiger partial charge < -0.3 is 0 Å². The quantitative estimate of drug-likeness (QED) is 0.0701. The summed E-state index contributed by atoms with van der Waals surface area (Å²) in [4.78, 5) is 2.95. The van der Waals surface area contributed by atoms with E-state index in [0.717, 1.165) is 0 Å². The third kappa shape index (κ3) is 25.0. The lowest BCUT2D eigenvalue weighted by molar-refractivity contribution is 0.00153. The van der Waals surface area contributed by atoms with E-state index in [1.165, 1.54) is 199 Å². The zero-order valence-electron chi connectivity index (χ0n) is 30.4. The Bertz CT molecular complexity index is 467. The summed E-state index contributed by atoms with van der Waals surface area (Å²) in [5.41, 5.74) is 0.622. The van der Waals surface area contributed by atoms with Crippen molar-refractivity contribution in [2.75, 3.05) is 6.54 Å². The standard InChI is InChI=1S/C40H83N/c1-8-11-14-17-19-21-23-25-27-29-31-33-36-39(4,5)41(38-35-16-13-10-3)40(6,7)37-34-32-30-28-26-24-22-20-18-15-12-9-2/h8-38H2,1-7H3. The van der Waals surface area contributed by atoms with Crippen molar-refractivity contribution in [2.45, 2.75) is 252 Å². The first-order chi connectivity index (χ1) is 19.8. The summed E-state index contributed by atoms with van der Waals surface area (Å²) in [6.07, 6.45) is 42.9. The first-order valence-corrected chi connectivity index (χ1v) is 19.6. The Kier molecular flexibility index (Phi) is 28.7. The number of rotatable bonds is 33. The molecule has 0 unspecified atom stereocenters.